The van der Waals surface area contributed by atoms with Gasteiger partial charge in [-0.05, 0) is 44.6 Å². The number of fused-ring (bicyclic) bond motifs is 1. The Kier molecular flexibility index (Phi) is 4.16. The molecule has 2 heterocycles. The van der Waals surface area contributed by atoms with Crippen molar-refractivity contribution < 1.29 is 5.11 Å². The number of piperidine rings is 1. The molecule has 0 aromatic rings. The summed E-state index contributed by atoms with van der Waals surface area (Å²) < 4.78 is 0. The smallest absolute Gasteiger partial charge is 0.0774 e. The van der Waals surface area contributed by atoms with Crippen LogP contribution in [0.5, 0.6) is 0 Å². The molecule has 3 fully saturated rings. The van der Waals surface area contributed by atoms with Gasteiger partial charge in [0.1, 0.15) is 0 Å². The van der Waals surface area contributed by atoms with Gasteiger partial charge in [-0.15, -0.1) is 0 Å². The van der Waals surface area contributed by atoms with E-state index in [4.69, 9.17) is 0 Å². The van der Waals surface area contributed by atoms with Crippen LogP contribution in [0.25, 0.3) is 0 Å². The molecule has 3 rings (SSSR count). The largest absolute Gasteiger partial charge is 0.389 e. The Morgan fingerprint density at radius 2 is 2.05 bits per heavy atom. The second-order valence-electron chi connectivity index (χ2n) is 7.30. The van der Waals surface area contributed by atoms with Crippen LogP contribution in [0.3, 0.4) is 0 Å². The second-order valence-corrected chi connectivity index (χ2v) is 7.30. The molecule has 2 aliphatic heterocycles. The Hall–Kier alpha value is -0.120. The van der Waals surface area contributed by atoms with Gasteiger partial charge < -0.3 is 10.4 Å². The average Bonchev–Trinajstić information content (AvgIpc) is 2.79. The summed E-state index contributed by atoms with van der Waals surface area (Å²) in [4.78, 5) is 2.66. The van der Waals surface area contributed by atoms with Crippen molar-refractivity contribution in [2.24, 2.45) is 5.92 Å². The molecule has 1 aliphatic carbocycles. The predicted molar refractivity (Wildman–Crippen MR) is 78.2 cm³/mol. The van der Waals surface area contributed by atoms with E-state index in [1.165, 1.54) is 51.6 Å². The molecular weight excluding hydrogens is 236 g/mol. The minimum atomic E-state index is -0.431. The molecule has 0 bridgehead atoms. The van der Waals surface area contributed by atoms with E-state index in [-0.39, 0.29) is 0 Å². The maximum atomic E-state index is 10.7. The molecule has 3 heteroatoms. The fourth-order valence-corrected chi connectivity index (χ4v) is 4.60. The monoisotopic (exact) mass is 266 g/mol. The highest BCUT2D eigenvalue weighted by Crippen LogP contribution is 2.33. The predicted octanol–water partition coefficient (Wildman–Crippen LogP) is 2.14. The van der Waals surface area contributed by atoms with E-state index in [1.54, 1.807) is 0 Å². The lowest BCUT2D eigenvalue weighted by molar-refractivity contribution is -0.0148. The molecule has 3 nitrogen and oxygen atoms in total. The highest BCUT2D eigenvalue weighted by Gasteiger charge is 2.38. The minimum absolute atomic E-state index is 0.431. The molecule has 1 saturated carbocycles. The fourth-order valence-electron chi connectivity index (χ4n) is 4.60. The van der Waals surface area contributed by atoms with E-state index in [1.807, 2.05) is 0 Å². The third-order valence-corrected chi connectivity index (χ3v) is 5.62. The van der Waals surface area contributed by atoms with E-state index in [0.717, 1.165) is 25.4 Å². The zero-order valence-corrected chi connectivity index (χ0v) is 12.4. The summed E-state index contributed by atoms with van der Waals surface area (Å²) in [5.41, 5.74) is -0.431. The third-order valence-electron chi connectivity index (χ3n) is 5.62. The van der Waals surface area contributed by atoms with Crippen LogP contribution in [0.15, 0.2) is 0 Å². The number of hydrogen-bond donors (Lipinski definition) is 2. The van der Waals surface area contributed by atoms with Crippen LogP contribution in [0, 0.1) is 5.92 Å². The van der Waals surface area contributed by atoms with Crippen molar-refractivity contribution in [2.45, 2.75) is 76.0 Å². The summed E-state index contributed by atoms with van der Waals surface area (Å²) in [6.45, 7) is 5.65. The zero-order valence-electron chi connectivity index (χ0n) is 12.4. The molecule has 110 valence electrons. The van der Waals surface area contributed by atoms with Gasteiger partial charge in [0.2, 0.25) is 0 Å². The number of nitrogens with zero attached hydrogens (tertiary/aromatic N) is 1. The summed E-state index contributed by atoms with van der Waals surface area (Å²) in [5, 5.41) is 14.4. The Labute approximate surface area is 117 Å². The van der Waals surface area contributed by atoms with E-state index in [9.17, 15) is 5.11 Å². The topological polar surface area (TPSA) is 35.5 Å². The summed E-state index contributed by atoms with van der Waals surface area (Å²) in [6, 6.07) is 1.37. The Balaban J connectivity index is 1.51. The molecule has 2 N–H and O–H groups in total. The van der Waals surface area contributed by atoms with Crippen molar-refractivity contribution in [3.8, 4) is 0 Å². The molecule has 19 heavy (non-hydrogen) atoms. The molecule has 0 aromatic heterocycles. The van der Waals surface area contributed by atoms with Crippen molar-refractivity contribution in [3.63, 3.8) is 0 Å². The molecule has 0 aromatic carbocycles. The fraction of sp³-hybridized carbons (Fsp3) is 1.00. The van der Waals surface area contributed by atoms with Crippen LogP contribution in [-0.4, -0.2) is 47.3 Å². The van der Waals surface area contributed by atoms with Gasteiger partial charge in [0.15, 0.2) is 0 Å². The highest BCUT2D eigenvalue weighted by atomic mass is 16.3. The van der Waals surface area contributed by atoms with Crippen LogP contribution in [-0.2, 0) is 0 Å². The SMILES string of the molecule is CC1CCCC(O)(CNC2CCN3CCCCC23)C1. The minimum Gasteiger partial charge on any atom is -0.389 e. The zero-order chi connectivity index (χ0) is 13.3. The molecule has 0 amide bonds. The number of hydrogen-bond acceptors (Lipinski definition) is 3. The number of nitrogens with one attached hydrogen (secondary N) is 1. The van der Waals surface area contributed by atoms with Gasteiger partial charge in [-0.2, -0.15) is 0 Å². The Morgan fingerprint density at radius 3 is 2.89 bits per heavy atom. The van der Waals surface area contributed by atoms with Gasteiger partial charge >= 0.3 is 0 Å². The average molecular weight is 266 g/mol. The first-order valence-electron chi connectivity index (χ1n) is 8.36. The quantitative estimate of drug-likeness (QED) is 0.821. The van der Waals surface area contributed by atoms with Gasteiger partial charge in [-0.1, -0.05) is 26.2 Å². The summed E-state index contributed by atoms with van der Waals surface area (Å²) >= 11 is 0. The van der Waals surface area contributed by atoms with Crippen LogP contribution in [0.4, 0.5) is 0 Å². The molecule has 4 unspecified atom stereocenters. The van der Waals surface area contributed by atoms with Crippen LogP contribution in [0.1, 0.15) is 58.3 Å². The first-order chi connectivity index (χ1) is 9.16. The molecule has 0 spiro atoms. The highest BCUT2D eigenvalue weighted by molar-refractivity contribution is 4.96. The molecule has 0 radical (unpaired) electrons. The molecule has 4 atom stereocenters. The lowest BCUT2D eigenvalue weighted by Crippen LogP contribution is -2.51. The van der Waals surface area contributed by atoms with Crippen molar-refractivity contribution in [3.05, 3.63) is 0 Å². The lowest BCUT2D eigenvalue weighted by atomic mass is 9.78. The van der Waals surface area contributed by atoms with E-state index < -0.39 is 5.60 Å². The number of aliphatic hydroxyl groups is 1. The van der Waals surface area contributed by atoms with Gasteiger partial charge in [0.05, 0.1) is 5.60 Å². The lowest BCUT2D eigenvalue weighted by Gasteiger charge is -2.38. The molecular formula is C16H30N2O. The summed E-state index contributed by atoms with van der Waals surface area (Å²) in [6.07, 6.45) is 9.86. The van der Waals surface area contributed by atoms with E-state index in [0.29, 0.717) is 12.0 Å². The van der Waals surface area contributed by atoms with E-state index >= 15 is 0 Å². The van der Waals surface area contributed by atoms with Crippen LogP contribution < -0.4 is 5.32 Å². The van der Waals surface area contributed by atoms with Gasteiger partial charge in [0.25, 0.3) is 0 Å². The van der Waals surface area contributed by atoms with Crippen molar-refractivity contribution in [1.82, 2.24) is 10.2 Å². The number of rotatable bonds is 3. The molecule has 2 saturated heterocycles. The third kappa shape index (κ3) is 3.14. The van der Waals surface area contributed by atoms with Crippen molar-refractivity contribution >= 4 is 0 Å². The maximum Gasteiger partial charge on any atom is 0.0774 e. The normalized spacial score (nSPS) is 44.2. The molecule has 3 aliphatic rings. The first kappa shape index (κ1) is 13.8. The summed E-state index contributed by atoms with van der Waals surface area (Å²) in [7, 11) is 0. The maximum absolute atomic E-state index is 10.7. The standard InChI is InChI=1S/C16H30N2O/c1-13-5-4-8-16(19,11-13)12-17-14-7-10-18-9-3-2-6-15(14)18/h13-15,17,19H,2-12H2,1H3. The Morgan fingerprint density at radius 1 is 1.16 bits per heavy atom. The van der Waals surface area contributed by atoms with Crippen molar-refractivity contribution in [2.75, 3.05) is 19.6 Å². The van der Waals surface area contributed by atoms with E-state index in [2.05, 4.69) is 17.1 Å². The van der Waals surface area contributed by atoms with Crippen LogP contribution in [0.2, 0.25) is 0 Å². The Bertz CT molecular complexity index is 309. The first-order valence-corrected chi connectivity index (χ1v) is 8.36. The van der Waals surface area contributed by atoms with Gasteiger partial charge in [0, 0.05) is 25.2 Å². The second kappa shape index (κ2) is 5.71. The van der Waals surface area contributed by atoms with Crippen LogP contribution >= 0.6 is 0 Å². The van der Waals surface area contributed by atoms with Gasteiger partial charge in [-0.3, -0.25) is 4.90 Å². The van der Waals surface area contributed by atoms with Crippen molar-refractivity contribution in [1.29, 1.82) is 0 Å². The summed E-state index contributed by atoms with van der Waals surface area (Å²) in [5.74, 6) is 0.690. The van der Waals surface area contributed by atoms with Gasteiger partial charge in [-0.25, -0.2) is 0 Å².